The molecule has 0 spiro atoms. The number of hydrogen-bond acceptors (Lipinski definition) is 4. The Bertz CT molecular complexity index is 1400. The average molecular weight is 600 g/mol. The van der Waals surface area contributed by atoms with Gasteiger partial charge in [-0.05, 0) is 71.5 Å². The number of amides is 1. The van der Waals surface area contributed by atoms with E-state index in [-0.39, 0.29) is 11.9 Å². The molecule has 35 heavy (non-hydrogen) atoms. The molecule has 1 aliphatic rings. The summed E-state index contributed by atoms with van der Waals surface area (Å²) in [5.41, 5.74) is 6.22. The molecular formula is C26H30IN5O2Si. The normalized spacial score (nSPS) is 15.9. The number of halogens is 1. The fraction of sp³-hybridized carbons (Fsp3) is 0.346. The highest BCUT2D eigenvalue weighted by Gasteiger charge is 2.43. The smallest absolute Gasteiger partial charge is 0.277 e. The van der Waals surface area contributed by atoms with Crippen LogP contribution in [-0.4, -0.2) is 39.9 Å². The number of benzene rings is 2. The van der Waals surface area contributed by atoms with Crippen molar-refractivity contribution in [2.75, 3.05) is 11.5 Å². The van der Waals surface area contributed by atoms with E-state index in [0.717, 1.165) is 49.8 Å². The lowest BCUT2D eigenvalue weighted by Crippen LogP contribution is -2.30. The fourth-order valence-electron chi connectivity index (χ4n) is 4.69. The molecule has 1 atom stereocenters. The Kier molecular flexibility index (Phi) is 6.35. The van der Waals surface area contributed by atoms with Gasteiger partial charge in [-0.3, -0.25) is 14.4 Å². The van der Waals surface area contributed by atoms with Crippen molar-refractivity contribution in [3.63, 3.8) is 0 Å². The third-order valence-electron chi connectivity index (χ3n) is 6.52. The number of aryl methyl sites for hydroxylation is 2. The van der Waals surface area contributed by atoms with Gasteiger partial charge >= 0.3 is 0 Å². The van der Waals surface area contributed by atoms with Crippen LogP contribution >= 0.6 is 22.6 Å². The van der Waals surface area contributed by atoms with Gasteiger partial charge in [0, 0.05) is 36.5 Å². The van der Waals surface area contributed by atoms with Crippen molar-refractivity contribution >= 4 is 53.3 Å². The van der Waals surface area contributed by atoms with Gasteiger partial charge in [-0.2, -0.15) is 5.10 Å². The van der Waals surface area contributed by atoms with Crippen molar-refractivity contribution in [2.45, 2.75) is 45.4 Å². The lowest BCUT2D eigenvalue weighted by atomic mass is 9.99. The quantitative estimate of drug-likeness (QED) is 0.154. The summed E-state index contributed by atoms with van der Waals surface area (Å²) in [6, 6.07) is 15.3. The summed E-state index contributed by atoms with van der Waals surface area (Å²) < 4.78 is 10.8. The average Bonchev–Trinajstić information content (AvgIpc) is 3.43. The van der Waals surface area contributed by atoms with E-state index in [2.05, 4.69) is 76.6 Å². The zero-order chi connectivity index (χ0) is 24.9. The number of rotatable bonds is 7. The van der Waals surface area contributed by atoms with Crippen LogP contribution in [0.5, 0.6) is 0 Å². The zero-order valence-electron chi connectivity index (χ0n) is 20.7. The number of anilines is 1. The minimum atomic E-state index is -1.12. The molecule has 4 aromatic rings. The van der Waals surface area contributed by atoms with Gasteiger partial charge in [-0.25, -0.2) is 4.98 Å². The van der Waals surface area contributed by atoms with Crippen molar-refractivity contribution in [1.29, 1.82) is 0 Å². The Labute approximate surface area is 220 Å². The Morgan fingerprint density at radius 2 is 1.86 bits per heavy atom. The van der Waals surface area contributed by atoms with Gasteiger partial charge in [0.05, 0.1) is 29.1 Å². The van der Waals surface area contributed by atoms with E-state index < -0.39 is 8.07 Å². The molecule has 1 aliphatic heterocycles. The molecule has 182 valence electrons. The predicted octanol–water partition coefficient (Wildman–Crippen LogP) is 5.74. The van der Waals surface area contributed by atoms with Gasteiger partial charge in [-0.1, -0.05) is 31.8 Å². The Morgan fingerprint density at radius 3 is 2.57 bits per heavy atom. The largest absolute Gasteiger partial charge is 0.361 e. The summed E-state index contributed by atoms with van der Waals surface area (Å²) in [7, 11) is 0.715. The van der Waals surface area contributed by atoms with E-state index in [1.165, 1.54) is 0 Å². The van der Waals surface area contributed by atoms with Crippen molar-refractivity contribution in [3.05, 3.63) is 74.9 Å². The van der Waals surface area contributed by atoms with E-state index in [1.54, 1.807) is 4.68 Å². The molecule has 0 fully saturated rings. The molecule has 5 rings (SSSR count). The summed E-state index contributed by atoms with van der Waals surface area (Å²) in [5.74, 6) is -0.0416. The van der Waals surface area contributed by atoms with Gasteiger partial charge < -0.3 is 9.30 Å². The third-order valence-corrected chi connectivity index (χ3v) is 8.94. The molecule has 1 unspecified atom stereocenters. The molecule has 1 amide bonds. The molecule has 0 bridgehead atoms. The first-order valence-corrected chi connectivity index (χ1v) is 16.6. The molecular weight excluding hydrogens is 569 g/mol. The molecule has 9 heteroatoms. The van der Waals surface area contributed by atoms with Gasteiger partial charge in [-0.15, -0.1) is 0 Å². The topological polar surface area (TPSA) is 65.2 Å². The Morgan fingerprint density at radius 1 is 1.11 bits per heavy atom. The number of ether oxygens (including phenoxy) is 1. The summed E-state index contributed by atoms with van der Waals surface area (Å²) in [4.78, 5) is 20.2. The molecule has 2 aromatic carbocycles. The molecule has 0 aliphatic carbocycles. The highest BCUT2D eigenvalue weighted by atomic mass is 127. The van der Waals surface area contributed by atoms with Gasteiger partial charge in [0.2, 0.25) is 0 Å². The predicted molar refractivity (Wildman–Crippen MR) is 150 cm³/mol. The molecule has 0 radical (unpaired) electrons. The summed E-state index contributed by atoms with van der Waals surface area (Å²) >= 11 is 2.30. The van der Waals surface area contributed by atoms with Crippen LogP contribution in [0, 0.1) is 10.5 Å². The number of imidazole rings is 1. The lowest BCUT2D eigenvalue weighted by molar-refractivity contribution is 0.0898. The number of aromatic nitrogens is 4. The summed E-state index contributed by atoms with van der Waals surface area (Å²) in [6.45, 7) is 10.3. The first-order chi connectivity index (χ1) is 16.6. The van der Waals surface area contributed by atoms with Gasteiger partial charge in [0.25, 0.3) is 5.91 Å². The molecule has 0 N–H and O–H groups in total. The number of carbonyl (C=O) groups is 1. The van der Waals surface area contributed by atoms with E-state index in [9.17, 15) is 4.79 Å². The highest BCUT2D eigenvalue weighted by Crippen LogP contribution is 2.43. The monoisotopic (exact) mass is 599 g/mol. The van der Waals surface area contributed by atoms with E-state index >= 15 is 0 Å². The van der Waals surface area contributed by atoms with Crippen LogP contribution in [0.3, 0.4) is 0 Å². The van der Waals surface area contributed by atoms with E-state index in [4.69, 9.17) is 4.74 Å². The standard InChI is InChI=1S/C26H30IN5O2Si/c1-17-23-24(18-6-8-19(27)9-7-18)32(26(33)25(23)30(2)29-17)20-10-11-22-21(14-20)28-15-31(22)16-34-12-13-35(3,4)5/h6-11,14-15,24H,12-13,16H2,1-5H3. The van der Waals surface area contributed by atoms with Crippen LogP contribution in [-0.2, 0) is 18.5 Å². The molecule has 0 saturated carbocycles. The van der Waals surface area contributed by atoms with Crippen LogP contribution in [0.25, 0.3) is 11.0 Å². The fourth-order valence-corrected chi connectivity index (χ4v) is 5.81. The van der Waals surface area contributed by atoms with Gasteiger partial charge in [0.1, 0.15) is 12.4 Å². The maximum atomic E-state index is 13.7. The Hall–Kier alpha value is -2.50. The van der Waals surface area contributed by atoms with Crippen molar-refractivity contribution in [1.82, 2.24) is 19.3 Å². The second kappa shape index (κ2) is 9.18. The van der Waals surface area contributed by atoms with Crippen LogP contribution in [0.4, 0.5) is 5.69 Å². The van der Waals surface area contributed by atoms with Gasteiger partial charge in [0.15, 0.2) is 0 Å². The molecule has 0 saturated heterocycles. The summed E-state index contributed by atoms with van der Waals surface area (Å²) in [6.07, 6.45) is 1.81. The van der Waals surface area contributed by atoms with Crippen molar-refractivity contribution < 1.29 is 9.53 Å². The second-order valence-electron chi connectivity index (χ2n) is 10.3. The van der Waals surface area contributed by atoms with Crippen LogP contribution in [0.1, 0.15) is 33.4 Å². The Balaban J connectivity index is 1.48. The van der Waals surface area contributed by atoms with E-state index in [0.29, 0.717) is 12.4 Å². The number of nitrogens with zero attached hydrogens (tertiary/aromatic N) is 5. The second-order valence-corrected chi connectivity index (χ2v) is 17.2. The molecule has 2 aromatic heterocycles. The number of carbonyl (C=O) groups excluding carboxylic acids is 1. The van der Waals surface area contributed by atoms with Crippen LogP contribution < -0.4 is 4.90 Å². The highest BCUT2D eigenvalue weighted by molar-refractivity contribution is 14.1. The summed E-state index contributed by atoms with van der Waals surface area (Å²) in [5, 5.41) is 4.55. The maximum absolute atomic E-state index is 13.7. The molecule has 7 nitrogen and oxygen atoms in total. The lowest BCUT2D eigenvalue weighted by Gasteiger charge is -2.26. The van der Waals surface area contributed by atoms with E-state index in [1.807, 2.05) is 48.0 Å². The minimum Gasteiger partial charge on any atom is -0.361 e. The number of hydrogen-bond donors (Lipinski definition) is 0. The molecule has 3 heterocycles. The minimum absolute atomic E-state index is 0.0416. The van der Waals surface area contributed by atoms with Crippen LogP contribution in [0.2, 0.25) is 25.7 Å². The first-order valence-electron chi connectivity index (χ1n) is 11.8. The SMILES string of the molecule is Cc1nn(C)c2c1C(c1ccc(I)cc1)N(c1ccc3c(c1)ncn3COCC[Si](C)(C)C)C2=O. The zero-order valence-corrected chi connectivity index (χ0v) is 23.9. The maximum Gasteiger partial charge on any atom is 0.277 e. The first kappa shape index (κ1) is 24.2. The number of fused-ring (bicyclic) bond motifs is 2. The van der Waals surface area contributed by atoms with Crippen molar-refractivity contribution in [3.8, 4) is 0 Å². The van der Waals surface area contributed by atoms with Crippen LogP contribution in [0.15, 0.2) is 48.8 Å². The third kappa shape index (κ3) is 4.56. The van der Waals surface area contributed by atoms with Crippen molar-refractivity contribution in [2.24, 2.45) is 7.05 Å².